The maximum atomic E-state index is 12.6. The van der Waals surface area contributed by atoms with E-state index in [0.717, 1.165) is 40.4 Å². The van der Waals surface area contributed by atoms with Gasteiger partial charge in [-0.1, -0.05) is 90.5 Å². The number of aliphatic carboxylic acids is 2. The average molecular weight is 676 g/mol. The molecule has 0 aliphatic carbocycles. The van der Waals surface area contributed by atoms with Gasteiger partial charge in [0, 0.05) is 45.2 Å². The van der Waals surface area contributed by atoms with Crippen LogP contribution in [-0.2, 0) is 25.6 Å². The second-order valence-electron chi connectivity index (χ2n) is 9.44. The first-order valence-corrected chi connectivity index (χ1v) is 15.6. The molecule has 5 rings (SSSR count). The summed E-state index contributed by atoms with van der Waals surface area (Å²) in [5.74, 6) is -3.26. The van der Waals surface area contributed by atoms with Gasteiger partial charge in [0.1, 0.15) is 0 Å². The molecule has 1 atom stereocenters. The Bertz CT molecular complexity index is 1830. The predicted molar refractivity (Wildman–Crippen MR) is 178 cm³/mol. The minimum Gasteiger partial charge on any atom is -0.481 e. The van der Waals surface area contributed by atoms with E-state index in [1.807, 2.05) is 78.9 Å². The van der Waals surface area contributed by atoms with Crippen LogP contribution in [0.1, 0.15) is 12.0 Å². The molecule has 46 heavy (non-hydrogen) atoms. The Labute approximate surface area is 276 Å². The lowest BCUT2D eigenvalue weighted by molar-refractivity contribution is -0.140. The zero-order valence-electron chi connectivity index (χ0n) is 23.9. The summed E-state index contributed by atoms with van der Waals surface area (Å²) in [6.45, 7) is 0. The molecule has 0 radical (unpaired) electrons. The summed E-state index contributed by atoms with van der Waals surface area (Å²) in [6.07, 6.45) is 1.80. The molecule has 4 N–H and O–H groups in total. The van der Waals surface area contributed by atoms with Crippen LogP contribution in [0.5, 0.6) is 0 Å². The Hall–Kier alpha value is -5.24. The molecule has 234 valence electrons. The van der Waals surface area contributed by atoms with Crippen molar-refractivity contribution in [2.24, 2.45) is 5.92 Å². The number of hydrogen-bond acceptors (Lipinski definition) is 9. The molecule has 0 bridgehead atoms. The number of carboxylic acid groups (broad SMARTS) is 2. The summed E-state index contributed by atoms with van der Waals surface area (Å²) < 4.78 is 4.24. The molecule has 2 amide bonds. The van der Waals surface area contributed by atoms with Crippen molar-refractivity contribution in [1.82, 2.24) is 14.3 Å². The van der Waals surface area contributed by atoms with Crippen LogP contribution >= 0.6 is 34.5 Å². The number of halogens is 1. The molecule has 0 aliphatic rings. The number of carboxylic acids is 2. The molecule has 14 heteroatoms. The predicted octanol–water partition coefficient (Wildman–Crippen LogP) is 6.52. The summed E-state index contributed by atoms with van der Waals surface area (Å²) in [4.78, 5) is 53.9. The highest BCUT2D eigenvalue weighted by molar-refractivity contribution is 7.14. The Balaban J connectivity index is 0.000000216. The summed E-state index contributed by atoms with van der Waals surface area (Å²) in [7, 11) is 0. The quantitative estimate of drug-likeness (QED) is 0.114. The van der Waals surface area contributed by atoms with E-state index in [2.05, 4.69) is 25.0 Å². The van der Waals surface area contributed by atoms with Crippen molar-refractivity contribution in [2.45, 2.75) is 12.8 Å². The highest BCUT2D eigenvalue weighted by Crippen LogP contribution is 2.30. The maximum absolute atomic E-state index is 12.6. The number of carbonyl (C=O) groups is 4. The van der Waals surface area contributed by atoms with E-state index in [-0.39, 0.29) is 12.3 Å². The van der Waals surface area contributed by atoms with Crippen LogP contribution < -0.4 is 10.6 Å². The second-order valence-corrected chi connectivity index (χ2v) is 11.5. The van der Waals surface area contributed by atoms with E-state index in [1.54, 1.807) is 11.4 Å². The van der Waals surface area contributed by atoms with E-state index in [1.165, 1.54) is 11.3 Å². The first kappa shape index (κ1) is 33.6. The molecule has 2 heterocycles. The van der Waals surface area contributed by atoms with Crippen molar-refractivity contribution in [2.75, 3.05) is 10.6 Å². The number of benzene rings is 3. The van der Waals surface area contributed by atoms with Crippen LogP contribution in [0, 0.1) is 5.92 Å². The Morgan fingerprint density at radius 1 is 0.826 bits per heavy atom. The molecular formula is C32H26ClN5O6S2. The number of rotatable bonds is 11. The number of thiazole rings is 1. The summed E-state index contributed by atoms with van der Waals surface area (Å²) >= 11 is 8.37. The van der Waals surface area contributed by atoms with Gasteiger partial charge in [-0.2, -0.15) is 9.36 Å². The number of anilines is 2. The van der Waals surface area contributed by atoms with Gasteiger partial charge in [-0.15, -0.1) is 11.3 Å². The third kappa shape index (κ3) is 10.4. The van der Waals surface area contributed by atoms with Gasteiger partial charge in [-0.25, -0.2) is 9.78 Å². The molecule has 11 nitrogen and oxygen atoms in total. The van der Waals surface area contributed by atoms with Crippen molar-refractivity contribution < 1.29 is 29.4 Å². The molecule has 5 aromatic rings. The third-order valence-corrected chi connectivity index (χ3v) is 7.78. The number of nitrogens with one attached hydrogen (secondary N) is 2. The number of hydrogen-bond donors (Lipinski definition) is 4. The van der Waals surface area contributed by atoms with Crippen LogP contribution in [0.25, 0.3) is 22.6 Å². The van der Waals surface area contributed by atoms with Crippen LogP contribution in [0.2, 0.25) is 5.02 Å². The normalized spacial score (nSPS) is 11.2. The lowest BCUT2D eigenvalue weighted by atomic mass is 9.95. The van der Waals surface area contributed by atoms with Crippen molar-refractivity contribution >= 4 is 68.5 Å². The summed E-state index contributed by atoms with van der Waals surface area (Å²) in [5, 5.41) is 25.8. The van der Waals surface area contributed by atoms with Gasteiger partial charge < -0.3 is 15.5 Å². The average Bonchev–Trinajstić information content (AvgIpc) is 3.71. The molecule has 0 fully saturated rings. The Morgan fingerprint density at radius 2 is 1.50 bits per heavy atom. The first-order valence-electron chi connectivity index (χ1n) is 13.6. The second kappa shape index (κ2) is 16.7. The highest BCUT2D eigenvalue weighted by atomic mass is 35.5. The summed E-state index contributed by atoms with van der Waals surface area (Å²) in [6, 6.07) is 26.0. The zero-order valence-corrected chi connectivity index (χ0v) is 26.3. The van der Waals surface area contributed by atoms with Gasteiger partial charge in [0.15, 0.2) is 11.0 Å². The molecule has 0 unspecified atom stereocenters. The number of amides is 2. The number of nitrogens with zero attached hydrogens (tertiary/aromatic N) is 3. The van der Waals surface area contributed by atoms with Gasteiger partial charge in [-0.3, -0.25) is 19.7 Å². The van der Waals surface area contributed by atoms with Crippen molar-refractivity contribution in [3.63, 3.8) is 0 Å². The fourth-order valence-corrected chi connectivity index (χ4v) is 5.51. The summed E-state index contributed by atoms with van der Waals surface area (Å²) in [5.41, 5.74) is 3.19. The molecule has 0 aliphatic heterocycles. The molecule has 0 saturated heterocycles. The lowest BCUT2D eigenvalue weighted by Gasteiger charge is -2.13. The van der Waals surface area contributed by atoms with Crippen molar-refractivity contribution in [3.8, 4) is 22.6 Å². The van der Waals surface area contributed by atoms with Gasteiger partial charge in [-0.05, 0) is 18.1 Å². The standard InChI is InChI=1S/C19H17N3O3S.C13H9ClN2O3S/c23-16(24)12-15(11-13-7-3-1-4-8-13)18(25)21-19-20-17(22-26-19)14-9-5-2-6-10-14;14-9-4-2-1-3-8(9)10-7-20-13(15-10)16-11(17)5-6-12(18)19/h1-10,15H,11-12H2,(H,23,24)(H,20,21,22,25);1-7H,(H,18,19)(H,15,16,17)/b;6-5-/t15-;/m1./s1. The molecule has 0 spiro atoms. The molecule has 3 aromatic carbocycles. The molecule has 0 saturated carbocycles. The fraction of sp³-hybridized carbons (Fsp3) is 0.0938. The van der Waals surface area contributed by atoms with Gasteiger partial charge in [0.25, 0.3) is 0 Å². The van der Waals surface area contributed by atoms with Crippen LogP contribution in [0.15, 0.2) is 102 Å². The first-order chi connectivity index (χ1) is 22.2. The SMILES string of the molecule is O=C(O)/C=C\C(=O)Nc1nc(-c2ccccc2Cl)cs1.O=C(O)C[C@@H](Cc1ccccc1)C(=O)Nc1nc(-c2ccccc2)ns1. The zero-order chi connectivity index (χ0) is 32.9. The van der Waals surface area contributed by atoms with E-state index in [4.69, 9.17) is 21.8 Å². The Kier molecular flexibility index (Phi) is 12.2. The smallest absolute Gasteiger partial charge is 0.328 e. The minimum atomic E-state index is -1.18. The topological polar surface area (TPSA) is 171 Å². The third-order valence-electron chi connectivity index (χ3n) is 6.07. The van der Waals surface area contributed by atoms with E-state index in [9.17, 15) is 19.2 Å². The lowest BCUT2D eigenvalue weighted by Crippen LogP contribution is -2.27. The van der Waals surface area contributed by atoms with E-state index >= 15 is 0 Å². The van der Waals surface area contributed by atoms with Crippen LogP contribution in [-0.4, -0.2) is 48.3 Å². The van der Waals surface area contributed by atoms with E-state index in [0.29, 0.717) is 33.2 Å². The number of aromatic nitrogens is 3. The molecule has 2 aromatic heterocycles. The Morgan fingerprint density at radius 3 is 2.17 bits per heavy atom. The highest BCUT2D eigenvalue weighted by Gasteiger charge is 2.23. The van der Waals surface area contributed by atoms with Crippen molar-refractivity contribution in [3.05, 3.63) is 113 Å². The fourth-order valence-electron chi connectivity index (χ4n) is 3.97. The van der Waals surface area contributed by atoms with Gasteiger partial charge in [0.05, 0.1) is 18.0 Å². The monoisotopic (exact) mass is 675 g/mol. The van der Waals surface area contributed by atoms with Crippen molar-refractivity contribution in [1.29, 1.82) is 0 Å². The largest absolute Gasteiger partial charge is 0.481 e. The van der Waals surface area contributed by atoms with Crippen LogP contribution in [0.4, 0.5) is 10.3 Å². The minimum absolute atomic E-state index is 0.245. The van der Waals surface area contributed by atoms with Gasteiger partial charge >= 0.3 is 11.9 Å². The van der Waals surface area contributed by atoms with Crippen LogP contribution in [0.3, 0.4) is 0 Å². The van der Waals surface area contributed by atoms with Gasteiger partial charge in [0.2, 0.25) is 16.9 Å². The number of carbonyl (C=O) groups excluding carboxylic acids is 2. The molecular weight excluding hydrogens is 650 g/mol. The maximum Gasteiger partial charge on any atom is 0.328 e. The van der Waals surface area contributed by atoms with E-state index < -0.39 is 23.8 Å².